The molecule has 0 bridgehead atoms. The molecule has 2 aromatic rings. The first-order valence-corrected chi connectivity index (χ1v) is 11.9. The first kappa shape index (κ1) is 25.2. The molecule has 180 valence electrons. The van der Waals surface area contributed by atoms with Crippen LogP contribution in [0.25, 0.3) is 0 Å². The Kier molecular flexibility index (Phi) is 9.40. The molecule has 0 aliphatic carbocycles. The summed E-state index contributed by atoms with van der Waals surface area (Å²) in [5.41, 5.74) is 2.07. The van der Waals surface area contributed by atoms with Crippen LogP contribution in [0.15, 0.2) is 48.5 Å². The summed E-state index contributed by atoms with van der Waals surface area (Å²) in [5, 5.41) is 3.10. The number of terminal acetylenes is 1. The van der Waals surface area contributed by atoms with Crippen LogP contribution in [0.2, 0.25) is 0 Å². The number of unbranched alkanes of at least 4 members (excludes halogenated alkanes) is 1. The van der Waals surface area contributed by atoms with Crippen LogP contribution in [0.1, 0.15) is 49.8 Å². The van der Waals surface area contributed by atoms with Gasteiger partial charge < -0.3 is 19.7 Å². The van der Waals surface area contributed by atoms with Gasteiger partial charge in [-0.25, -0.2) is 0 Å². The zero-order valence-corrected chi connectivity index (χ0v) is 20.1. The fourth-order valence-corrected chi connectivity index (χ4v) is 4.37. The lowest BCUT2D eigenvalue weighted by atomic mass is 9.83. The van der Waals surface area contributed by atoms with Crippen LogP contribution in [0, 0.1) is 18.3 Å². The molecule has 1 fully saturated rings. The van der Waals surface area contributed by atoms with Gasteiger partial charge in [0, 0.05) is 19.5 Å². The number of amides is 2. The number of nitrogens with one attached hydrogen (secondary N) is 1. The quantitative estimate of drug-likeness (QED) is 0.510. The number of benzene rings is 2. The monoisotopic (exact) mass is 462 g/mol. The summed E-state index contributed by atoms with van der Waals surface area (Å²) in [6.45, 7) is 3.53. The number of carbonyl (C=O) groups is 2. The van der Waals surface area contributed by atoms with Gasteiger partial charge in [0.2, 0.25) is 11.8 Å². The van der Waals surface area contributed by atoms with E-state index in [1.54, 1.807) is 7.11 Å². The molecule has 1 aliphatic rings. The standard InChI is InChI=1S/C28H34N2O4/c1-4-6-19-30-26(31)16-15-25(27(30)22-9-13-23(33-3)14-10-22)28(32)29-18-17-21-7-11-24(12-8-21)34-20-5-2/h2,7-14,25,27H,4,6,15-20H2,1,3H3,(H,29,32)/t25-,27+/m0/s1. The molecule has 1 heterocycles. The van der Waals surface area contributed by atoms with Gasteiger partial charge in [0.1, 0.15) is 18.1 Å². The largest absolute Gasteiger partial charge is 0.497 e. The highest BCUT2D eigenvalue weighted by atomic mass is 16.5. The number of piperidine rings is 1. The summed E-state index contributed by atoms with van der Waals surface area (Å²) in [6.07, 6.45) is 8.77. The Morgan fingerprint density at radius 3 is 2.50 bits per heavy atom. The molecule has 0 radical (unpaired) electrons. The predicted octanol–water partition coefficient (Wildman–Crippen LogP) is 4.15. The van der Waals surface area contributed by atoms with Gasteiger partial charge in [-0.3, -0.25) is 9.59 Å². The predicted molar refractivity (Wildman–Crippen MR) is 133 cm³/mol. The molecule has 34 heavy (non-hydrogen) atoms. The average Bonchev–Trinajstić information content (AvgIpc) is 2.87. The number of methoxy groups -OCH3 is 1. The molecular weight excluding hydrogens is 428 g/mol. The Balaban J connectivity index is 1.68. The van der Waals surface area contributed by atoms with E-state index in [1.807, 2.05) is 53.4 Å². The van der Waals surface area contributed by atoms with Gasteiger partial charge in [0.25, 0.3) is 0 Å². The molecule has 2 atom stereocenters. The zero-order chi connectivity index (χ0) is 24.3. The van der Waals surface area contributed by atoms with Crippen LogP contribution in [-0.2, 0) is 16.0 Å². The van der Waals surface area contributed by atoms with Crippen molar-refractivity contribution >= 4 is 11.8 Å². The molecule has 2 aromatic carbocycles. The van der Waals surface area contributed by atoms with Crippen molar-refractivity contribution in [3.05, 3.63) is 59.7 Å². The molecule has 2 amide bonds. The summed E-state index contributed by atoms with van der Waals surface area (Å²) < 4.78 is 10.7. The maximum Gasteiger partial charge on any atom is 0.225 e. The van der Waals surface area contributed by atoms with Gasteiger partial charge in [-0.2, -0.15) is 0 Å². The summed E-state index contributed by atoms with van der Waals surface area (Å²) in [6, 6.07) is 15.1. The SMILES string of the molecule is C#CCOc1ccc(CCNC(=O)[C@H]2CCC(=O)N(CCCC)[C@@H]2c2ccc(OC)cc2)cc1. The number of ether oxygens (including phenoxy) is 2. The maximum atomic E-state index is 13.3. The third-order valence-electron chi connectivity index (χ3n) is 6.21. The number of likely N-dealkylation sites (tertiary alicyclic amines) is 1. The molecule has 1 aliphatic heterocycles. The van der Waals surface area contributed by atoms with Crippen LogP contribution in [0.3, 0.4) is 0 Å². The van der Waals surface area contributed by atoms with Gasteiger partial charge >= 0.3 is 0 Å². The Hall–Kier alpha value is -3.46. The minimum Gasteiger partial charge on any atom is -0.497 e. The van der Waals surface area contributed by atoms with E-state index in [0.29, 0.717) is 32.4 Å². The van der Waals surface area contributed by atoms with Crippen molar-refractivity contribution in [1.82, 2.24) is 10.2 Å². The highest BCUT2D eigenvalue weighted by Gasteiger charge is 2.40. The lowest BCUT2D eigenvalue weighted by Crippen LogP contribution is -2.48. The van der Waals surface area contributed by atoms with Gasteiger partial charge in [0.15, 0.2) is 0 Å². The molecule has 6 nitrogen and oxygen atoms in total. The summed E-state index contributed by atoms with van der Waals surface area (Å²) in [7, 11) is 1.63. The Morgan fingerprint density at radius 2 is 1.85 bits per heavy atom. The second-order valence-corrected chi connectivity index (χ2v) is 8.48. The van der Waals surface area contributed by atoms with Crippen molar-refractivity contribution in [1.29, 1.82) is 0 Å². The van der Waals surface area contributed by atoms with Gasteiger partial charge in [-0.05, 0) is 54.7 Å². The van der Waals surface area contributed by atoms with Gasteiger partial charge in [-0.1, -0.05) is 43.5 Å². The Morgan fingerprint density at radius 1 is 1.15 bits per heavy atom. The number of rotatable bonds is 11. The molecule has 0 aromatic heterocycles. The van der Waals surface area contributed by atoms with Crippen molar-refractivity contribution in [3.63, 3.8) is 0 Å². The smallest absolute Gasteiger partial charge is 0.225 e. The van der Waals surface area contributed by atoms with Crippen molar-refractivity contribution in [2.45, 2.75) is 45.1 Å². The van der Waals surface area contributed by atoms with Crippen molar-refractivity contribution in [2.75, 3.05) is 26.8 Å². The number of carbonyl (C=O) groups excluding carboxylic acids is 2. The number of hydrogen-bond acceptors (Lipinski definition) is 4. The van der Waals surface area contributed by atoms with Crippen LogP contribution < -0.4 is 14.8 Å². The Labute approximate surface area is 202 Å². The second kappa shape index (κ2) is 12.7. The number of hydrogen-bond donors (Lipinski definition) is 1. The fourth-order valence-electron chi connectivity index (χ4n) is 4.37. The van der Waals surface area contributed by atoms with E-state index in [9.17, 15) is 9.59 Å². The van der Waals surface area contributed by atoms with Crippen molar-refractivity contribution in [3.8, 4) is 23.8 Å². The van der Waals surface area contributed by atoms with E-state index in [4.69, 9.17) is 15.9 Å². The van der Waals surface area contributed by atoms with E-state index < -0.39 is 0 Å². The fraction of sp³-hybridized carbons (Fsp3) is 0.429. The summed E-state index contributed by atoms with van der Waals surface area (Å²) >= 11 is 0. The molecule has 6 heteroatoms. The topological polar surface area (TPSA) is 67.9 Å². The van der Waals surface area contributed by atoms with Crippen molar-refractivity contribution < 1.29 is 19.1 Å². The highest BCUT2D eigenvalue weighted by molar-refractivity contribution is 5.85. The first-order chi connectivity index (χ1) is 16.6. The molecule has 1 saturated heterocycles. The van der Waals surface area contributed by atoms with Crippen molar-refractivity contribution in [2.24, 2.45) is 5.92 Å². The first-order valence-electron chi connectivity index (χ1n) is 11.9. The molecule has 0 unspecified atom stereocenters. The molecule has 3 rings (SSSR count). The van der Waals surface area contributed by atoms with Crippen LogP contribution in [0.4, 0.5) is 0 Å². The third kappa shape index (κ3) is 6.54. The Bertz CT molecular complexity index is 979. The van der Waals surface area contributed by atoms with Crippen LogP contribution >= 0.6 is 0 Å². The van der Waals surface area contributed by atoms with Crippen LogP contribution in [0.5, 0.6) is 11.5 Å². The zero-order valence-electron chi connectivity index (χ0n) is 20.1. The third-order valence-corrected chi connectivity index (χ3v) is 6.21. The van der Waals surface area contributed by atoms with Crippen LogP contribution in [-0.4, -0.2) is 43.5 Å². The maximum absolute atomic E-state index is 13.3. The van der Waals surface area contributed by atoms with E-state index in [1.165, 1.54) is 0 Å². The molecule has 0 spiro atoms. The van der Waals surface area contributed by atoms with E-state index in [0.717, 1.165) is 35.5 Å². The lowest BCUT2D eigenvalue weighted by Gasteiger charge is -2.41. The van der Waals surface area contributed by atoms with Gasteiger partial charge in [-0.15, -0.1) is 6.42 Å². The lowest BCUT2D eigenvalue weighted by molar-refractivity contribution is -0.143. The summed E-state index contributed by atoms with van der Waals surface area (Å²) in [5.74, 6) is 3.74. The highest BCUT2D eigenvalue weighted by Crippen LogP contribution is 2.37. The molecule has 1 N–H and O–H groups in total. The number of nitrogens with zero attached hydrogens (tertiary/aromatic N) is 1. The average molecular weight is 463 g/mol. The minimum absolute atomic E-state index is 0.0104. The molecular formula is C28H34N2O4. The van der Waals surface area contributed by atoms with Gasteiger partial charge in [0.05, 0.1) is 19.1 Å². The second-order valence-electron chi connectivity index (χ2n) is 8.48. The minimum atomic E-state index is -0.289. The van der Waals surface area contributed by atoms with E-state index in [-0.39, 0.29) is 30.4 Å². The van der Waals surface area contributed by atoms with E-state index >= 15 is 0 Å². The van der Waals surface area contributed by atoms with E-state index in [2.05, 4.69) is 18.2 Å². The summed E-state index contributed by atoms with van der Waals surface area (Å²) in [4.78, 5) is 28.0. The molecule has 0 saturated carbocycles. The normalized spacial score (nSPS) is 17.7.